The number of hydrogen-bond donors (Lipinski definition) is 0. The van der Waals surface area contributed by atoms with E-state index in [4.69, 9.17) is 9.47 Å². The molecule has 1 aromatic carbocycles. The zero-order valence-electron chi connectivity index (χ0n) is 12.1. The molecule has 0 radical (unpaired) electrons. The highest BCUT2D eigenvalue weighted by molar-refractivity contribution is 5.83. The molecule has 0 unspecified atom stereocenters. The van der Waals surface area contributed by atoms with E-state index in [9.17, 15) is 4.79 Å². The average Bonchev–Trinajstić information content (AvgIpc) is 2.90. The number of aldehydes is 1. The van der Waals surface area contributed by atoms with E-state index in [0.717, 1.165) is 36.7 Å². The van der Waals surface area contributed by atoms with Gasteiger partial charge in [0.05, 0.1) is 13.2 Å². The summed E-state index contributed by atoms with van der Waals surface area (Å²) in [6.45, 7) is 5.52. The molecule has 0 aromatic heterocycles. The molecular weight excluding hydrogens is 252 g/mol. The van der Waals surface area contributed by atoms with E-state index < -0.39 is 0 Å². The minimum Gasteiger partial charge on any atom is -0.347 e. The molecule has 1 heterocycles. The lowest BCUT2D eigenvalue weighted by Crippen LogP contribution is -2.31. The first-order chi connectivity index (χ1) is 9.65. The maximum Gasteiger partial charge on any atom is 0.172 e. The average molecular weight is 272 g/mol. The molecule has 0 saturated carbocycles. The summed E-state index contributed by atoms with van der Waals surface area (Å²) in [5.74, 6) is -0.381. The van der Waals surface area contributed by atoms with Crippen molar-refractivity contribution in [2.24, 2.45) is 0 Å². The molecule has 1 aliphatic carbocycles. The number of hydrogen-bond acceptors (Lipinski definition) is 3. The number of carbonyl (C=O) groups excluding carboxylic acids is 1. The van der Waals surface area contributed by atoms with Crippen LogP contribution in [-0.2, 0) is 9.47 Å². The molecule has 1 aromatic rings. The Bertz CT molecular complexity index is 566. The van der Waals surface area contributed by atoms with Gasteiger partial charge in [-0.1, -0.05) is 18.2 Å². The van der Waals surface area contributed by atoms with Gasteiger partial charge in [-0.25, -0.2) is 0 Å². The summed E-state index contributed by atoms with van der Waals surface area (Å²) in [6, 6.07) is 3.93. The molecule has 3 heteroatoms. The standard InChI is InChI=1S/C17H20O3/c1-12-3-4-15(11-18)13(2)16(12)14-5-7-17(8-6-14)19-9-10-20-17/h3-5,11H,6-10H2,1-2H3. The third-order valence-electron chi connectivity index (χ3n) is 4.41. The van der Waals surface area contributed by atoms with E-state index in [1.165, 1.54) is 16.7 Å². The van der Waals surface area contributed by atoms with Crippen molar-refractivity contribution in [2.45, 2.75) is 38.9 Å². The van der Waals surface area contributed by atoms with Crippen LogP contribution in [-0.4, -0.2) is 25.3 Å². The van der Waals surface area contributed by atoms with Gasteiger partial charge in [0.25, 0.3) is 0 Å². The van der Waals surface area contributed by atoms with Crippen LogP contribution in [0.2, 0.25) is 0 Å². The first-order valence-corrected chi connectivity index (χ1v) is 7.18. The van der Waals surface area contributed by atoms with Crippen LogP contribution in [0.5, 0.6) is 0 Å². The van der Waals surface area contributed by atoms with E-state index in [-0.39, 0.29) is 5.79 Å². The summed E-state index contributed by atoms with van der Waals surface area (Å²) >= 11 is 0. The predicted octanol–water partition coefficient (Wildman–Crippen LogP) is 3.43. The fraction of sp³-hybridized carbons (Fsp3) is 0.471. The van der Waals surface area contributed by atoms with Gasteiger partial charge in [0, 0.05) is 18.4 Å². The van der Waals surface area contributed by atoms with Gasteiger partial charge in [0.2, 0.25) is 0 Å². The van der Waals surface area contributed by atoms with Crippen molar-refractivity contribution in [3.63, 3.8) is 0 Å². The van der Waals surface area contributed by atoms with Crippen LogP contribution >= 0.6 is 0 Å². The van der Waals surface area contributed by atoms with Gasteiger partial charge >= 0.3 is 0 Å². The highest BCUT2D eigenvalue weighted by atomic mass is 16.7. The Morgan fingerprint density at radius 1 is 1.20 bits per heavy atom. The lowest BCUT2D eigenvalue weighted by molar-refractivity contribution is -0.159. The second-order valence-corrected chi connectivity index (χ2v) is 5.63. The normalized spacial score (nSPS) is 21.0. The van der Waals surface area contributed by atoms with Gasteiger partial charge in [-0.3, -0.25) is 4.79 Å². The Balaban J connectivity index is 1.94. The Morgan fingerprint density at radius 3 is 2.55 bits per heavy atom. The van der Waals surface area contributed by atoms with Crippen LogP contribution in [0.3, 0.4) is 0 Å². The predicted molar refractivity (Wildman–Crippen MR) is 77.8 cm³/mol. The molecule has 3 rings (SSSR count). The van der Waals surface area contributed by atoms with Crippen molar-refractivity contribution in [2.75, 3.05) is 13.2 Å². The van der Waals surface area contributed by atoms with E-state index in [1.807, 2.05) is 19.1 Å². The van der Waals surface area contributed by atoms with Crippen molar-refractivity contribution < 1.29 is 14.3 Å². The van der Waals surface area contributed by atoms with Crippen LogP contribution in [0.1, 0.15) is 46.3 Å². The first-order valence-electron chi connectivity index (χ1n) is 7.18. The molecule has 2 aliphatic rings. The fourth-order valence-corrected chi connectivity index (χ4v) is 3.28. The lowest BCUT2D eigenvalue weighted by Gasteiger charge is -2.31. The van der Waals surface area contributed by atoms with Crippen LogP contribution in [0.25, 0.3) is 5.57 Å². The van der Waals surface area contributed by atoms with Crippen LogP contribution in [0.15, 0.2) is 18.2 Å². The molecule has 1 spiro atoms. The maximum absolute atomic E-state index is 11.1. The Morgan fingerprint density at radius 2 is 1.95 bits per heavy atom. The van der Waals surface area contributed by atoms with Crippen molar-refractivity contribution in [3.8, 4) is 0 Å². The smallest absolute Gasteiger partial charge is 0.172 e. The van der Waals surface area contributed by atoms with E-state index in [1.54, 1.807) is 0 Å². The quantitative estimate of drug-likeness (QED) is 0.774. The first kappa shape index (κ1) is 13.5. The van der Waals surface area contributed by atoms with Gasteiger partial charge in [0.15, 0.2) is 5.79 Å². The number of allylic oxidation sites excluding steroid dienone is 1. The second kappa shape index (κ2) is 5.15. The van der Waals surface area contributed by atoms with Crippen molar-refractivity contribution in [1.82, 2.24) is 0 Å². The molecule has 0 atom stereocenters. The van der Waals surface area contributed by atoms with Crippen LogP contribution in [0.4, 0.5) is 0 Å². The summed E-state index contributed by atoms with van der Waals surface area (Å²) in [5, 5.41) is 0. The van der Waals surface area contributed by atoms with Crippen molar-refractivity contribution in [3.05, 3.63) is 40.5 Å². The molecule has 0 N–H and O–H groups in total. The van der Waals surface area contributed by atoms with Crippen LogP contribution in [0, 0.1) is 13.8 Å². The molecular formula is C17H20O3. The molecule has 1 aliphatic heterocycles. The minimum atomic E-state index is -0.381. The number of aryl methyl sites for hydroxylation is 1. The van der Waals surface area contributed by atoms with Crippen LogP contribution < -0.4 is 0 Å². The molecule has 3 nitrogen and oxygen atoms in total. The number of ether oxygens (including phenoxy) is 2. The summed E-state index contributed by atoms with van der Waals surface area (Å²) in [7, 11) is 0. The number of benzene rings is 1. The molecule has 1 saturated heterocycles. The van der Waals surface area contributed by atoms with E-state index >= 15 is 0 Å². The van der Waals surface area contributed by atoms with Gasteiger partial charge in [0.1, 0.15) is 6.29 Å². The van der Waals surface area contributed by atoms with Gasteiger partial charge < -0.3 is 9.47 Å². The SMILES string of the molecule is Cc1ccc(C=O)c(C)c1C1=CCC2(CC1)OCCO2. The Kier molecular flexibility index (Phi) is 3.48. The zero-order chi connectivity index (χ0) is 14.2. The highest BCUT2D eigenvalue weighted by Crippen LogP contribution is 2.40. The third-order valence-corrected chi connectivity index (χ3v) is 4.41. The van der Waals surface area contributed by atoms with E-state index in [0.29, 0.717) is 13.2 Å². The second-order valence-electron chi connectivity index (χ2n) is 5.63. The van der Waals surface area contributed by atoms with Crippen molar-refractivity contribution >= 4 is 11.9 Å². The molecule has 106 valence electrons. The molecule has 1 fully saturated rings. The number of rotatable bonds is 2. The lowest BCUT2D eigenvalue weighted by atomic mass is 9.85. The third kappa shape index (κ3) is 2.21. The monoisotopic (exact) mass is 272 g/mol. The topological polar surface area (TPSA) is 35.5 Å². The highest BCUT2D eigenvalue weighted by Gasteiger charge is 2.38. The van der Waals surface area contributed by atoms with Crippen molar-refractivity contribution in [1.29, 1.82) is 0 Å². The Hall–Kier alpha value is -1.45. The molecule has 0 amide bonds. The maximum atomic E-state index is 11.1. The van der Waals surface area contributed by atoms with Gasteiger partial charge in [-0.05, 0) is 42.5 Å². The summed E-state index contributed by atoms with van der Waals surface area (Å²) in [4.78, 5) is 11.1. The number of carbonyl (C=O) groups is 1. The summed E-state index contributed by atoms with van der Waals surface area (Å²) in [6.07, 6.45) is 5.78. The summed E-state index contributed by atoms with van der Waals surface area (Å²) < 4.78 is 11.5. The summed E-state index contributed by atoms with van der Waals surface area (Å²) in [5.41, 5.74) is 5.62. The Labute approximate surface area is 119 Å². The minimum absolute atomic E-state index is 0.381. The van der Waals surface area contributed by atoms with E-state index in [2.05, 4.69) is 13.0 Å². The molecule has 20 heavy (non-hydrogen) atoms. The zero-order valence-corrected chi connectivity index (χ0v) is 12.1. The largest absolute Gasteiger partial charge is 0.347 e. The molecule has 0 bridgehead atoms. The fourth-order valence-electron chi connectivity index (χ4n) is 3.28. The van der Waals surface area contributed by atoms with Gasteiger partial charge in [-0.2, -0.15) is 0 Å². The van der Waals surface area contributed by atoms with Gasteiger partial charge in [-0.15, -0.1) is 0 Å².